The summed E-state index contributed by atoms with van der Waals surface area (Å²) in [5, 5.41) is 2.91. The molecule has 150 valence electrons. The van der Waals surface area contributed by atoms with Crippen molar-refractivity contribution >= 4 is 17.7 Å². The Balaban J connectivity index is 2.72. The number of hydrogen-bond acceptors (Lipinski definition) is 5. The molecule has 0 aromatic rings. The van der Waals surface area contributed by atoms with E-state index in [9.17, 15) is 14.4 Å². The molecule has 1 rings (SSSR count). The summed E-state index contributed by atoms with van der Waals surface area (Å²) in [6, 6.07) is 0. The van der Waals surface area contributed by atoms with Gasteiger partial charge in [0, 0.05) is 17.4 Å². The highest BCUT2D eigenvalue weighted by atomic mass is 16.7. The topological polar surface area (TPSA) is 98.5 Å². The van der Waals surface area contributed by atoms with Crippen molar-refractivity contribution in [2.75, 3.05) is 0 Å². The first-order chi connectivity index (χ1) is 12.3. The molecular formula is C20H36N2O4. The Morgan fingerprint density at radius 1 is 1.23 bits per heavy atom. The lowest BCUT2D eigenvalue weighted by atomic mass is 9.81. The normalized spacial score (nSPS) is 21.1. The minimum Gasteiger partial charge on any atom is -0.373 e. The van der Waals surface area contributed by atoms with Gasteiger partial charge in [0.15, 0.2) is 0 Å². The lowest BCUT2D eigenvalue weighted by molar-refractivity contribution is -0.154. The maximum absolute atomic E-state index is 13.0. The zero-order chi connectivity index (χ0) is 19.7. The van der Waals surface area contributed by atoms with E-state index in [1.807, 2.05) is 20.8 Å². The predicted octanol–water partition coefficient (Wildman–Crippen LogP) is 3.28. The van der Waals surface area contributed by atoms with Gasteiger partial charge in [0.2, 0.25) is 5.91 Å². The molecule has 0 aliphatic carbocycles. The van der Waals surface area contributed by atoms with E-state index in [0.717, 1.165) is 19.3 Å². The van der Waals surface area contributed by atoms with Crippen LogP contribution < -0.4 is 11.2 Å². The quantitative estimate of drug-likeness (QED) is 0.313. The third kappa shape index (κ3) is 6.71. The Labute approximate surface area is 157 Å². The molecule has 26 heavy (non-hydrogen) atoms. The summed E-state index contributed by atoms with van der Waals surface area (Å²) in [5.74, 6) is 2.61. The van der Waals surface area contributed by atoms with Crippen LogP contribution >= 0.6 is 0 Å². The Hall–Kier alpha value is -1.43. The Morgan fingerprint density at radius 2 is 1.88 bits per heavy atom. The Kier molecular flexibility index (Phi) is 9.27. The van der Waals surface area contributed by atoms with E-state index in [1.165, 1.54) is 19.3 Å². The fraction of sp³-hybridized carbons (Fsp3) is 0.850. The molecule has 0 spiro atoms. The Bertz CT molecular complexity index is 490. The maximum atomic E-state index is 13.0. The molecule has 0 aromatic carbocycles. The minimum absolute atomic E-state index is 0.106. The summed E-state index contributed by atoms with van der Waals surface area (Å²) < 4.78 is 0. The number of amides is 1. The fourth-order valence-corrected chi connectivity index (χ4v) is 3.91. The molecule has 2 unspecified atom stereocenters. The van der Waals surface area contributed by atoms with Gasteiger partial charge in [-0.3, -0.25) is 9.59 Å². The summed E-state index contributed by atoms with van der Waals surface area (Å²) in [7, 11) is 0. The van der Waals surface area contributed by atoms with Crippen LogP contribution in [0.5, 0.6) is 0 Å². The molecule has 0 radical (unpaired) electrons. The maximum Gasteiger partial charge on any atom is 0.334 e. The van der Waals surface area contributed by atoms with Crippen molar-refractivity contribution < 1.29 is 19.2 Å². The molecule has 1 fully saturated rings. The van der Waals surface area contributed by atoms with Gasteiger partial charge in [0.1, 0.15) is 11.7 Å². The number of rotatable bonds is 12. The lowest BCUT2D eigenvalue weighted by Gasteiger charge is -2.22. The highest BCUT2D eigenvalue weighted by Gasteiger charge is 2.42. The zero-order valence-electron chi connectivity index (χ0n) is 16.8. The third-order valence-corrected chi connectivity index (χ3v) is 5.40. The molecule has 6 nitrogen and oxygen atoms in total. The second kappa shape index (κ2) is 10.7. The number of nitrogens with two attached hydrogens (primary N) is 1. The molecule has 1 heterocycles. The van der Waals surface area contributed by atoms with E-state index in [-0.39, 0.29) is 35.5 Å². The van der Waals surface area contributed by atoms with Gasteiger partial charge in [-0.2, -0.15) is 5.90 Å². The van der Waals surface area contributed by atoms with Crippen molar-refractivity contribution in [1.82, 2.24) is 5.32 Å². The highest BCUT2D eigenvalue weighted by Crippen LogP contribution is 2.32. The lowest BCUT2D eigenvalue weighted by Crippen LogP contribution is -2.36. The van der Waals surface area contributed by atoms with Gasteiger partial charge in [-0.05, 0) is 39.5 Å². The average Bonchev–Trinajstić information content (AvgIpc) is 2.86. The van der Waals surface area contributed by atoms with Crippen molar-refractivity contribution in [3.63, 3.8) is 0 Å². The number of ketones is 1. The second-order valence-corrected chi connectivity index (χ2v) is 8.21. The molecule has 3 N–H and O–H groups in total. The monoisotopic (exact) mass is 368 g/mol. The van der Waals surface area contributed by atoms with Gasteiger partial charge < -0.3 is 10.2 Å². The van der Waals surface area contributed by atoms with E-state index < -0.39 is 11.9 Å². The van der Waals surface area contributed by atoms with E-state index in [1.54, 1.807) is 0 Å². The molecule has 0 aromatic heterocycles. The molecule has 6 heteroatoms. The summed E-state index contributed by atoms with van der Waals surface area (Å²) in [6.45, 7) is 8.01. The molecule has 0 bridgehead atoms. The van der Waals surface area contributed by atoms with Crippen LogP contribution in [-0.4, -0.2) is 23.2 Å². The van der Waals surface area contributed by atoms with Crippen molar-refractivity contribution in [3.8, 4) is 0 Å². The molecule has 1 saturated heterocycles. The van der Waals surface area contributed by atoms with Crippen molar-refractivity contribution in [2.45, 2.75) is 91.0 Å². The number of nitrogens with one attached hydrogen (secondary N) is 1. The van der Waals surface area contributed by atoms with Crippen LogP contribution in [0, 0.1) is 17.8 Å². The van der Waals surface area contributed by atoms with Gasteiger partial charge in [-0.15, -0.1) is 0 Å². The van der Waals surface area contributed by atoms with Crippen LogP contribution in [0.1, 0.15) is 85.5 Å². The first kappa shape index (κ1) is 22.6. The summed E-state index contributed by atoms with van der Waals surface area (Å²) in [6.07, 6.45) is 7.87. The molecule has 1 aliphatic rings. The van der Waals surface area contributed by atoms with Gasteiger partial charge in [-0.1, -0.05) is 46.0 Å². The van der Waals surface area contributed by atoms with Crippen molar-refractivity contribution in [3.05, 3.63) is 0 Å². The number of unbranched alkanes of at least 4 members (excludes halogenated alkanes) is 4. The summed E-state index contributed by atoms with van der Waals surface area (Å²) >= 11 is 0. The summed E-state index contributed by atoms with van der Waals surface area (Å²) in [4.78, 5) is 41.7. The van der Waals surface area contributed by atoms with Crippen LogP contribution in [0.15, 0.2) is 0 Å². The smallest absolute Gasteiger partial charge is 0.334 e. The average molecular weight is 369 g/mol. The van der Waals surface area contributed by atoms with Crippen LogP contribution in [0.4, 0.5) is 0 Å². The van der Waals surface area contributed by atoms with Crippen LogP contribution in [0.2, 0.25) is 0 Å². The molecule has 3 atom stereocenters. The zero-order valence-corrected chi connectivity index (χ0v) is 16.8. The van der Waals surface area contributed by atoms with Crippen LogP contribution in [0.25, 0.3) is 0 Å². The first-order valence-corrected chi connectivity index (χ1v) is 10.0. The van der Waals surface area contributed by atoms with E-state index >= 15 is 0 Å². The van der Waals surface area contributed by atoms with Crippen LogP contribution in [-0.2, 0) is 19.2 Å². The van der Waals surface area contributed by atoms with E-state index in [0.29, 0.717) is 12.8 Å². The molecular weight excluding hydrogens is 332 g/mol. The molecule has 0 saturated carbocycles. The van der Waals surface area contributed by atoms with Gasteiger partial charge >= 0.3 is 5.97 Å². The number of hydrogen-bond donors (Lipinski definition) is 2. The van der Waals surface area contributed by atoms with E-state index in [2.05, 4.69) is 17.1 Å². The molecule has 1 aliphatic heterocycles. The van der Waals surface area contributed by atoms with Gasteiger partial charge in [0.25, 0.3) is 0 Å². The fourth-order valence-electron chi connectivity index (χ4n) is 3.91. The van der Waals surface area contributed by atoms with Gasteiger partial charge in [-0.25, -0.2) is 4.79 Å². The second-order valence-electron chi connectivity index (χ2n) is 8.21. The van der Waals surface area contributed by atoms with Crippen LogP contribution in [0.3, 0.4) is 0 Å². The Morgan fingerprint density at radius 3 is 2.38 bits per heavy atom. The third-order valence-electron chi connectivity index (χ3n) is 5.40. The summed E-state index contributed by atoms with van der Waals surface area (Å²) in [5.41, 5.74) is -0.314. The van der Waals surface area contributed by atoms with E-state index in [4.69, 9.17) is 5.90 Å². The van der Waals surface area contributed by atoms with Crippen molar-refractivity contribution in [2.24, 2.45) is 23.7 Å². The SMILES string of the molecule is CCCCCCCC(CC)C(=O)C(C[C@@H]1CC(C)(C)NC1=O)C(=O)ON. The highest BCUT2D eigenvalue weighted by molar-refractivity contribution is 6.00. The molecule has 1 amide bonds. The largest absolute Gasteiger partial charge is 0.373 e. The standard InChI is InChI=1S/C20H36N2O4/c1-5-7-8-9-10-11-14(6-2)17(23)16(19(25)26-21)12-15-13-20(3,4)22-18(15)24/h14-16H,5-13,21H2,1-4H3,(H,22,24)/t14?,15-,16?/m1/s1. The first-order valence-electron chi connectivity index (χ1n) is 10.0. The van der Waals surface area contributed by atoms with Crippen molar-refractivity contribution in [1.29, 1.82) is 0 Å². The van der Waals surface area contributed by atoms with Gasteiger partial charge in [0.05, 0.1) is 0 Å². The number of carbonyl (C=O) groups excluding carboxylic acids is 3. The minimum atomic E-state index is -0.953. The predicted molar refractivity (Wildman–Crippen MR) is 101 cm³/mol. The number of Topliss-reactive ketones (excluding diaryl/α,β-unsaturated/α-hetero) is 1. The number of carbonyl (C=O) groups is 3.